The Bertz CT molecular complexity index is 1320. The number of anilines is 1. The number of carbonyl (C=O) groups is 2. The van der Waals surface area contributed by atoms with Gasteiger partial charge in [0.05, 0.1) is 17.2 Å². The largest absolute Gasteiger partial charge is 0.481 e. The van der Waals surface area contributed by atoms with Crippen LogP contribution in [0, 0.1) is 0 Å². The first kappa shape index (κ1) is 26.4. The average molecular weight is 501 g/mol. The minimum atomic E-state index is -1.12. The van der Waals surface area contributed by atoms with Crippen LogP contribution >= 0.6 is 11.6 Å². The van der Waals surface area contributed by atoms with Crippen molar-refractivity contribution < 1.29 is 24.2 Å². The standard InChI is InChI=1S/C25H20ClN3O5.Na/c1-16(25(32)29(15-24(30)31)18-5-3-2-4-6-18)33-19-8-10-20(11-9-19)34-23-14-27-22-13-17(26)7-12-21(22)28-23;/h2-14,16H,15H2,1H3,(H,30,31);. The molecule has 1 atom stereocenters. The van der Waals surface area contributed by atoms with Crippen molar-refractivity contribution in [1.29, 1.82) is 0 Å². The van der Waals surface area contributed by atoms with Gasteiger partial charge in [0.25, 0.3) is 5.91 Å². The van der Waals surface area contributed by atoms with Crippen LogP contribution in [-0.2, 0) is 9.59 Å². The Hall–Kier alpha value is -3.17. The van der Waals surface area contributed by atoms with Gasteiger partial charge in [-0.1, -0.05) is 29.8 Å². The molecule has 4 aromatic rings. The number of ether oxygens (including phenoxy) is 2. The number of carbonyl (C=O) groups excluding carboxylic acids is 1. The molecule has 0 aliphatic carbocycles. The molecule has 4 rings (SSSR count). The zero-order chi connectivity index (χ0) is 24.1. The Morgan fingerprint density at radius 2 is 1.69 bits per heavy atom. The molecule has 8 nitrogen and oxygen atoms in total. The van der Waals surface area contributed by atoms with E-state index in [4.69, 9.17) is 21.1 Å². The molecule has 1 N–H and O–H groups in total. The first-order valence-corrected chi connectivity index (χ1v) is 10.7. The van der Waals surface area contributed by atoms with Crippen LogP contribution in [0.4, 0.5) is 5.69 Å². The van der Waals surface area contributed by atoms with E-state index in [2.05, 4.69) is 9.97 Å². The fraction of sp³-hybridized carbons (Fsp3) is 0.120. The second-order valence-corrected chi connectivity index (χ2v) is 7.76. The van der Waals surface area contributed by atoms with Gasteiger partial charge in [0.15, 0.2) is 6.10 Å². The van der Waals surface area contributed by atoms with Crippen molar-refractivity contribution in [2.24, 2.45) is 0 Å². The van der Waals surface area contributed by atoms with E-state index in [-0.39, 0.29) is 29.6 Å². The van der Waals surface area contributed by atoms with E-state index in [9.17, 15) is 14.7 Å². The van der Waals surface area contributed by atoms with Crippen molar-refractivity contribution in [3.05, 3.63) is 84.0 Å². The fourth-order valence-electron chi connectivity index (χ4n) is 3.24. The van der Waals surface area contributed by atoms with Gasteiger partial charge in [-0.25, -0.2) is 9.97 Å². The van der Waals surface area contributed by atoms with Crippen LogP contribution in [0.5, 0.6) is 17.4 Å². The molecule has 0 saturated heterocycles. The Morgan fingerprint density at radius 3 is 2.37 bits per heavy atom. The maximum Gasteiger partial charge on any atom is 0.323 e. The van der Waals surface area contributed by atoms with Gasteiger partial charge in [-0.15, -0.1) is 0 Å². The van der Waals surface area contributed by atoms with Crippen molar-refractivity contribution in [3.8, 4) is 17.4 Å². The molecule has 0 spiro atoms. The number of nitrogens with zero attached hydrogens (tertiary/aromatic N) is 3. The number of fused-ring (bicyclic) bond motifs is 1. The van der Waals surface area contributed by atoms with Crippen molar-refractivity contribution in [1.82, 2.24) is 9.97 Å². The molecule has 1 heterocycles. The van der Waals surface area contributed by atoms with Gasteiger partial charge in [0.2, 0.25) is 5.88 Å². The Morgan fingerprint density at radius 1 is 1.00 bits per heavy atom. The average Bonchev–Trinajstić information content (AvgIpc) is 2.84. The smallest absolute Gasteiger partial charge is 0.323 e. The number of benzene rings is 3. The first-order valence-electron chi connectivity index (χ1n) is 10.3. The molecule has 35 heavy (non-hydrogen) atoms. The molecule has 173 valence electrons. The number of rotatable bonds is 8. The normalized spacial score (nSPS) is 11.3. The van der Waals surface area contributed by atoms with Crippen LogP contribution in [-0.4, -0.2) is 69.2 Å². The monoisotopic (exact) mass is 500 g/mol. The summed E-state index contributed by atoms with van der Waals surface area (Å²) in [4.78, 5) is 34.1. The number of hydrogen-bond donors (Lipinski definition) is 1. The van der Waals surface area contributed by atoms with Crippen LogP contribution < -0.4 is 14.4 Å². The van der Waals surface area contributed by atoms with Crippen molar-refractivity contribution in [3.63, 3.8) is 0 Å². The molecule has 1 amide bonds. The second kappa shape index (κ2) is 12.0. The third-order valence-electron chi connectivity index (χ3n) is 4.82. The topological polar surface area (TPSA) is 102 Å². The van der Waals surface area contributed by atoms with Crippen molar-refractivity contribution in [2.45, 2.75) is 13.0 Å². The van der Waals surface area contributed by atoms with Gasteiger partial charge >= 0.3 is 5.97 Å². The number of halogens is 1. The SMILES string of the molecule is CC(Oc1ccc(Oc2cnc3cc(Cl)ccc3n2)cc1)C(=O)N(CC(=O)O)c1ccccc1.[Na]. The minimum absolute atomic E-state index is 0. The van der Waals surface area contributed by atoms with E-state index in [1.807, 2.05) is 0 Å². The Labute approximate surface area is 228 Å². The first-order chi connectivity index (χ1) is 16.4. The molecular formula is C25H20ClN3NaO5. The van der Waals surface area contributed by atoms with Crippen LogP contribution in [0.3, 0.4) is 0 Å². The van der Waals surface area contributed by atoms with Gasteiger partial charge in [-0.05, 0) is 61.5 Å². The van der Waals surface area contributed by atoms with E-state index in [1.54, 1.807) is 79.7 Å². The van der Waals surface area contributed by atoms with E-state index in [1.165, 1.54) is 11.1 Å². The molecule has 1 unspecified atom stereocenters. The maximum atomic E-state index is 12.9. The number of aliphatic carboxylic acids is 1. The summed E-state index contributed by atoms with van der Waals surface area (Å²) in [5, 5.41) is 9.80. The molecule has 1 aromatic heterocycles. The van der Waals surface area contributed by atoms with Crippen molar-refractivity contribution in [2.75, 3.05) is 11.4 Å². The van der Waals surface area contributed by atoms with Gasteiger partial charge < -0.3 is 14.6 Å². The fourth-order valence-corrected chi connectivity index (χ4v) is 3.40. The summed E-state index contributed by atoms with van der Waals surface area (Å²) in [5.41, 5.74) is 1.79. The number of hydrogen-bond acceptors (Lipinski definition) is 6. The summed E-state index contributed by atoms with van der Waals surface area (Å²) in [6.07, 6.45) is 0.592. The van der Waals surface area contributed by atoms with E-state index in [0.717, 1.165) is 0 Å². The van der Waals surface area contributed by atoms with Gasteiger partial charge in [0, 0.05) is 40.3 Å². The predicted octanol–water partition coefficient (Wildman–Crippen LogP) is 4.58. The van der Waals surface area contributed by atoms with Crippen molar-refractivity contribution >= 4 is 69.8 Å². The molecular weight excluding hydrogens is 481 g/mol. The summed E-state index contributed by atoms with van der Waals surface area (Å²) in [6, 6.07) is 20.4. The van der Waals surface area contributed by atoms with Crippen LogP contribution in [0.2, 0.25) is 5.02 Å². The van der Waals surface area contributed by atoms with Gasteiger partial charge in [-0.2, -0.15) is 0 Å². The molecule has 3 aromatic carbocycles. The van der Waals surface area contributed by atoms with Gasteiger partial charge in [0.1, 0.15) is 18.0 Å². The van der Waals surface area contributed by atoms with E-state index < -0.39 is 24.5 Å². The zero-order valence-corrected chi connectivity index (χ0v) is 21.8. The molecule has 0 aliphatic rings. The van der Waals surface area contributed by atoms with E-state index >= 15 is 0 Å². The Balaban J connectivity index is 0.00000342. The van der Waals surface area contributed by atoms with Crippen LogP contribution in [0.15, 0.2) is 79.0 Å². The number of carboxylic acids is 1. The second-order valence-electron chi connectivity index (χ2n) is 7.33. The Kier molecular flexibility index (Phi) is 9.06. The summed E-state index contributed by atoms with van der Waals surface area (Å²) in [6.45, 7) is 1.10. The third-order valence-corrected chi connectivity index (χ3v) is 5.05. The third kappa shape index (κ3) is 6.93. The molecule has 0 aliphatic heterocycles. The molecule has 10 heteroatoms. The van der Waals surface area contributed by atoms with Crippen LogP contribution in [0.25, 0.3) is 11.0 Å². The minimum Gasteiger partial charge on any atom is -0.481 e. The number of carboxylic acid groups (broad SMARTS) is 1. The number of amides is 1. The summed E-state index contributed by atoms with van der Waals surface area (Å²) >= 11 is 5.97. The molecule has 0 saturated carbocycles. The molecule has 1 radical (unpaired) electrons. The quantitative estimate of drug-likeness (QED) is 0.353. The van der Waals surface area contributed by atoms with Crippen LogP contribution in [0.1, 0.15) is 6.92 Å². The summed E-state index contributed by atoms with van der Waals surface area (Å²) < 4.78 is 11.5. The van der Waals surface area contributed by atoms with Gasteiger partial charge in [-0.3, -0.25) is 14.5 Å². The zero-order valence-electron chi connectivity index (χ0n) is 19.1. The summed E-state index contributed by atoms with van der Waals surface area (Å²) in [7, 11) is 0. The number of para-hydroxylation sites is 1. The molecule has 0 bridgehead atoms. The maximum absolute atomic E-state index is 12.9. The summed E-state index contributed by atoms with van der Waals surface area (Å²) in [5.74, 6) is -0.341. The molecule has 0 fully saturated rings. The van der Waals surface area contributed by atoms with E-state index in [0.29, 0.717) is 39.1 Å². The number of aromatic nitrogens is 2. The predicted molar refractivity (Wildman–Crippen MR) is 133 cm³/mol.